The van der Waals surface area contributed by atoms with E-state index < -0.39 is 0 Å². The third-order valence-electron chi connectivity index (χ3n) is 4.66. The number of benzene rings is 2. The lowest BCUT2D eigenvalue weighted by molar-refractivity contribution is 0.0827. The summed E-state index contributed by atoms with van der Waals surface area (Å²) in [5, 5.41) is 3.24. The number of hydrogen-bond acceptors (Lipinski definition) is 4. The van der Waals surface area contributed by atoms with E-state index >= 15 is 0 Å². The van der Waals surface area contributed by atoms with Gasteiger partial charge in [-0.2, -0.15) is 0 Å². The Labute approximate surface area is 167 Å². The number of nitrogens with zero attached hydrogens (tertiary/aromatic N) is 4. The van der Waals surface area contributed by atoms with E-state index in [4.69, 9.17) is 0 Å². The van der Waals surface area contributed by atoms with E-state index in [1.54, 1.807) is 38.5 Å². The molecule has 7 heteroatoms. The van der Waals surface area contributed by atoms with Gasteiger partial charge in [-0.15, -0.1) is 0 Å². The molecule has 0 spiro atoms. The molecule has 0 aliphatic heterocycles. The zero-order valence-corrected chi connectivity index (χ0v) is 16.3. The predicted molar refractivity (Wildman–Crippen MR) is 112 cm³/mol. The van der Waals surface area contributed by atoms with Gasteiger partial charge in [0.05, 0.1) is 11.7 Å². The molecule has 0 saturated carbocycles. The van der Waals surface area contributed by atoms with Crippen molar-refractivity contribution in [2.24, 2.45) is 7.05 Å². The highest BCUT2D eigenvalue weighted by molar-refractivity contribution is 5.94. The Morgan fingerprint density at radius 2 is 1.86 bits per heavy atom. The molecule has 0 bridgehead atoms. The predicted octanol–water partition coefficient (Wildman–Crippen LogP) is 4.22. The minimum absolute atomic E-state index is 0.0455. The van der Waals surface area contributed by atoms with Crippen LogP contribution in [0.4, 0.5) is 15.9 Å². The molecule has 0 atom stereocenters. The molecule has 4 aromatic rings. The average molecular weight is 389 g/mol. The molecule has 2 aromatic carbocycles. The van der Waals surface area contributed by atoms with Crippen molar-refractivity contribution in [3.05, 3.63) is 72.2 Å². The second kappa shape index (κ2) is 7.35. The van der Waals surface area contributed by atoms with Crippen LogP contribution in [0.5, 0.6) is 0 Å². The number of fused-ring (bicyclic) bond motifs is 1. The maximum absolute atomic E-state index is 13.6. The quantitative estimate of drug-likeness (QED) is 0.568. The van der Waals surface area contributed by atoms with Crippen LogP contribution in [0.15, 0.2) is 60.8 Å². The van der Waals surface area contributed by atoms with Gasteiger partial charge in [0.2, 0.25) is 0 Å². The van der Waals surface area contributed by atoms with E-state index in [1.807, 2.05) is 35.9 Å². The summed E-state index contributed by atoms with van der Waals surface area (Å²) in [6, 6.07) is 15.5. The second-order valence-corrected chi connectivity index (χ2v) is 6.96. The Morgan fingerprint density at radius 3 is 2.55 bits per heavy atom. The largest absolute Gasteiger partial charge is 0.345 e. The number of anilines is 2. The van der Waals surface area contributed by atoms with Crippen molar-refractivity contribution in [3.8, 4) is 11.4 Å². The summed E-state index contributed by atoms with van der Waals surface area (Å²) in [6.07, 6.45) is 1.68. The fraction of sp³-hybridized carbons (Fsp3) is 0.136. The van der Waals surface area contributed by atoms with Crippen molar-refractivity contribution in [2.45, 2.75) is 0 Å². The molecular weight excluding hydrogens is 369 g/mol. The van der Waals surface area contributed by atoms with Crippen LogP contribution in [0.3, 0.4) is 0 Å². The third-order valence-corrected chi connectivity index (χ3v) is 4.66. The lowest BCUT2D eigenvalue weighted by Gasteiger charge is -2.11. The topological polar surface area (TPSA) is 63.1 Å². The van der Waals surface area contributed by atoms with Crippen LogP contribution >= 0.6 is 0 Å². The molecule has 2 heterocycles. The summed E-state index contributed by atoms with van der Waals surface area (Å²) in [7, 11) is 5.33. The molecular formula is C22H20FN5O. The first kappa shape index (κ1) is 18.6. The van der Waals surface area contributed by atoms with Gasteiger partial charge in [0.15, 0.2) is 0 Å². The monoisotopic (exact) mass is 389 g/mol. The zero-order chi connectivity index (χ0) is 20.5. The Kier molecular flexibility index (Phi) is 4.72. The van der Waals surface area contributed by atoms with E-state index in [1.165, 1.54) is 17.0 Å². The molecule has 29 heavy (non-hydrogen) atoms. The van der Waals surface area contributed by atoms with Crippen LogP contribution in [-0.4, -0.2) is 39.4 Å². The standard InChI is InChI=1S/C22H20FN5O/c1-27(2)22(29)14-7-9-17(10-8-14)25-20-12-19-18(13-24-20)26-21(28(19)3)15-5-4-6-16(23)11-15/h4-13H,1-3H3,(H,24,25). The number of halogens is 1. The fourth-order valence-electron chi connectivity index (χ4n) is 3.15. The van der Waals surface area contributed by atoms with Crippen molar-refractivity contribution >= 4 is 28.4 Å². The third kappa shape index (κ3) is 3.67. The van der Waals surface area contributed by atoms with Crippen LogP contribution in [0.1, 0.15) is 10.4 Å². The first-order valence-corrected chi connectivity index (χ1v) is 9.09. The van der Waals surface area contributed by atoms with Gasteiger partial charge in [-0.25, -0.2) is 14.4 Å². The van der Waals surface area contributed by atoms with Crippen LogP contribution < -0.4 is 5.32 Å². The molecule has 0 radical (unpaired) electrons. The van der Waals surface area contributed by atoms with E-state index in [0.29, 0.717) is 22.8 Å². The van der Waals surface area contributed by atoms with Gasteiger partial charge < -0.3 is 14.8 Å². The fourth-order valence-corrected chi connectivity index (χ4v) is 3.15. The number of carbonyl (C=O) groups excluding carboxylic acids is 1. The summed E-state index contributed by atoms with van der Waals surface area (Å²) in [5.74, 6) is 0.977. The average Bonchev–Trinajstić information content (AvgIpc) is 3.04. The van der Waals surface area contributed by atoms with E-state index in [-0.39, 0.29) is 11.7 Å². The van der Waals surface area contributed by atoms with Crippen LogP contribution in [0.2, 0.25) is 0 Å². The number of aryl methyl sites for hydroxylation is 1. The summed E-state index contributed by atoms with van der Waals surface area (Å²) < 4.78 is 15.5. The SMILES string of the molecule is CN(C)C(=O)c1ccc(Nc2cc3c(cn2)nc(-c2cccc(F)c2)n3C)cc1. The smallest absolute Gasteiger partial charge is 0.253 e. The Hall–Kier alpha value is -3.74. The Bertz CT molecular complexity index is 1200. The summed E-state index contributed by atoms with van der Waals surface area (Å²) >= 11 is 0. The van der Waals surface area contributed by atoms with Crippen molar-refractivity contribution in [1.29, 1.82) is 0 Å². The number of pyridine rings is 1. The van der Waals surface area contributed by atoms with Crippen molar-refractivity contribution < 1.29 is 9.18 Å². The van der Waals surface area contributed by atoms with Gasteiger partial charge in [0, 0.05) is 44.0 Å². The number of rotatable bonds is 4. The molecule has 4 rings (SSSR count). The van der Waals surface area contributed by atoms with Gasteiger partial charge in [0.25, 0.3) is 5.91 Å². The highest BCUT2D eigenvalue weighted by Crippen LogP contribution is 2.26. The highest BCUT2D eigenvalue weighted by Gasteiger charge is 2.12. The molecule has 1 amide bonds. The molecule has 0 aliphatic rings. The normalized spacial score (nSPS) is 10.9. The van der Waals surface area contributed by atoms with Gasteiger partial charge >= 0.3 is 0 Å². The number of nitrogens with one attached hydrogen (secondary N) is 1. The molecule has 1 N–H and O–H groups in total. The van der Waals surface area contributed by atoms with Crippen LogP contribution in [0, 0.1) is 5.82 Å². The van der Waals surface area contributed by atoms with Gasteiger partial charge in [-0.1, -0.05) is 12.1 Å². The number of hydrogen-bond donors (Lipinski definition) is 1. The van der Waals surface area contributed by atoms with Crippen LogP contribution in [0.25, 0.3) is 22.4 Å². The molecule has 2 aromatic heterocycles. The van der Waals surface area contributed by atoms with Crippen molar-refractivity contribution in [3.63, 3.8) is 0 Å². The summed E-state index contributed by atoms with van der Waals surface area (Å²) in [6.45, 7) is 0. The molecule has 0 aliphatic carbocycles. The van der Waals surface area contributed by atoms with Crippen molar-refractivity contribution in [1.82, 2.24) is 19.4 Å². The molecule has 0 saturated heterocycles. The number of amides is 1. The van der Waals surface area contributed by atoms with Gasteiger partial charge in [-0.3, -0.25) is 4.79 Å². The lowest BCUT2D eigenvalue weighted by atomic mass is 10.2. The first-order chi connectivity index (χ1) is 13.9. The second-order valence-electron chi connectivity index (χ2n) is 6.96. The molecule has 0 unspecified atom stereocenters. The summed E-state index contributed by atoms with van der Waals surface area (Å²) in [4.78, 5) is 22.5. The van der Waals surface area contributed by atoms with E-state index in [0.717, 1.165) is 16.7 Å². The number of imidazole rings is 1. The molecule has 6 nitrogen and oxygen atoms in total. The van der Waals surface area contributed by atoms with Gasteiger partial charge in [-0.05, 0) is 36.4 Å². The van der Waals surface area contributed by atoms with Crippen LogP contribution in [-0.2, 0) is 7.05 Å². The lowest BCUT2D eigenvalue weighted by Crippen LogP contribution is -2.21. The number of carbonyl (C=O) groups is 1. The zero-order valence-electron chi connectivity index (χ0n) is 16.3. The first-order valence-electron chi connectivity index (χ1n) is 9.09. The number of aromatic nitrogens is 3. The van der Waals surface area contributed by atoms with Crippen molar-refractivity contribution in [2.75, 3.05) is 19.4 Å². The Balaban J connectivity index is 1.62. The molecule has 146 valence electrons. The van der Waals surface area contributed by atoms with Gasteiger partial charge in [0.1, 0.15) is 23.0 Å². The maximum Gasteiger partial charge on any atom is 0.253 e. The maximum atomic E-state index is 13.6. The minimum Gasteiger partial charge on any atom is -0.345 e. The molecule has 0 fully saturated rings. The highest BCUT2D eigenvalue weighted by atomic mass is 19.1. The Morgan fingerprint density at radius 1 is 1.10 bits per heavy atom. The van der Waals surface area contributed by atoms with E-state index in [9.17, 15) is 9.18 Å². The minimum atomic E-state index is -0.300. The summed E-state index contributed by atoms with van der Waals surface area (Å²) in [5.41, 5.74) is 3.75. The van der Waals surface area contributed by atoms with E-state index in [2.05, 4.69) is 15.3 Å².